The number of rotatable bonds is 2. The molecule has 168 valence electrons. The van der Waals surface area contributed by atoms with Gasteiger partial charge in [0.1, 0.15) is 5.82 Å². The van der Waals surface area contributed by atoms with Gasteiger partial charge in [0.15, 0.2) is 0 Å². The van der Waals surface area contributed by atoms with Crippen LogP contribution in [0.15, 0.2) is 29.3 Å². The quantitative estimate of drug-likeness (QED) is 0.765. The molecule has 3 aliphatic rings. The van der Waals surface area contributed by atoms with Gasteiger partial charge in [-0.1, -0.05) is 0 Å². The van der Waals surface area contributed by atoms with Gasteiger partial charge in [0, 0.05) is 62.0 Å². The highest BCUT2D eigenvalue weighted by Gasteiger charge is 2.48. The van der Waals surface area contributed by atoms with E-state index in [4.69, 9.17) is 4.98 Å². The molecule has 1 fully saturated rings. The first-order valence-electron chi connectivity index (χ1n) is 11.3. The van der Waals surface area contributed by atoms with Crippen molar-refractivity contribution >= 4 is 11.9 Å². The third kappa shape index (κ3) is 3.36. The molecule has 9 heteroatoms. The summed E-state index contributed by atoms with van der Waals surface area (Å²) >= 11 is 0. The van der Waals surface area contributed by atoms with E-state index in [0.29, 0.717) is 43.7 Å². The maximum absolute atomic E-state index is 13.4. The van der Waals surface area contributed by atoms with Crippen molar-refractivity contribution in [1.82, 2.24) is 29.7 Å². The van der Waals surface area contributed by atoms with E-state index in [0.717, 1.165) is 24.4 Å². The van der Waals surface area contributed by atoms with Gasteiger partial charge in [-0.2, -0.15) is 0 Å². The van der Waals surface area contributed by atoms with E-state index < -0.39 is 0 Å². The summed E-state index contributed by atoms with van der Waals surface area (Å²) in [5, 5.41) is 2.96. The molecule has 3 amide bonds. The topological polar surface area (TPSA) is 100 Å². The zero-order valence-corrected chi connectivity index (χ0v) is 18.5. The standard InChI is InChI=1S/C23H28N6O3/c1-15(2)25-22(32)28-11-6-23(14-28)7-12-29-20(31)17-13-27(10-5-18(17)26-21(23)29)19(30)16-3-8-24-9-4-16/h3-4,8-9,15H,5-7,10-14H2,1-2H3,(H,25,32)/t23-/m0/s1. The lowest BCUT2D eigenvalue weighted by Gasteiger charge is -2.30. The van der Waals surface area contributed by atoms with Crippen LogP contribution in [0.25, 0.3) is 0 Å². The molecule has 1 atom stereocenters. The van der Waals surface area contributed by atoms with Gasteiger partial charge in [-0.25, -0.2) is 9.78 Å². The zero-order chi connectivity index (χ0) is 22.5. The minimum Gasteiger partial charge on any atom is -0.336 e. The largest absolute Gasteiger partial charge is 0.336 e. The Kier molecular flexibility index (Phi) is 4.98. The van der Waals surface area contributed by atoms with E-state index in [1.165, 1.54) is 0 Å². The lowest BCUT2D eigenvalue weighted by Crippen LogP contribution is -2.44. The third-order valence-electron chi connectivity index (χ3n) is 6.87. The molecule has 1 spiro atoms. The summed E-state index contributed by atoms with van der Waals surface area (Å²) in [7, 11) is 0. The molecule has 32 heavy (non-hydrogen) atoms. The maximum atomic E-state index is 13.4. The number of urea groups is 1. The van der Waals surface area contributed by atoms with Crippen LogP contribution in [0.5, 0.6) is 0 Å². The summed E-state index contributed by atoms with van der Waals surface area (Å²) in [6.45, 7) is 6.56. The molecule has 3 aliphatic heterocycles. The molecule has 0 radical (unpaired) electrons. The molecule has 5 rings (SSSR count). The van der Waals surface area contributed by atoms with Crippen LogP contribution < -0.4 is 10.9 Å². The second-order valence-electron chi connectivity index (χ2n) is 9.34. The minimum atomic E-state index is -0.257. The van der Waals surface area contributed by atoms with E-state index in [1.807, 2.05) is 18.7 Å². The van der Waals surface area contributed by atoms with Crippen molar-refractivity contribution in [3.8, 4) is 0 Å². The maximum Gasteiger partial charge on any atom is 0.317 e. The van der Waals surface area contributed by atoms with E-state index in [2.05, 4.69) is 10.3 Å². The van der Waals surface area contributed by atoms with Crippen molar-refractivity contribution in [2.75, 3.05) is 19.6 Å². The molecule has 1 N–H and O–H groups in total. The summed E-state index contributed by atoms with van der Waals surface area (Å²) in [4.78, 5) is 51.3. The average Bonchev–Trinajstić information content (AvgIpc) is 3.38. The molecule has 0 aliphatic carbocycles. The minimum absolute atomic E-state index is 0.0424. The van der Waals surface area contributed by atoms with Crippen LogP contribution in [0.3, 0.4) is 0 Å². The van der Waals surface area contributed by atoms with Crippen molar-refractivity contribution in [1.29, 1.82) is 0 Å². The normalized spacial score (nSPS) is 21.7. The first-order chi connectivity index (χ1) is 15.4. The number of hydrogen-bond donors (Lipinski definition) is 1. The van der Waals surface area contributed by atoms with Crippen molar-refractivity contribution < 1.29 is 9.59 Å². The van der Waals surface area contributed by atoms with Crippen LogP contribution in [-0.4, -0.2) is 61.9 Å². The smallest absolute Gasteiger partial charge is 0.317 e. The van der Waals surface area contributed by atoms with Gasteiger partial charge in [-0.3, -0.25) is 19.1 Å². The van der Waals surface area contributed by atoms with Crippen LogP contribution >= 0.6 is 0 Å². The number of carbonyl (C=O) groups excluding carboxylic acids is 2. The first-order valence-corrected chi connectivity index (χ1v) is 11.3. The van der Waals surface area contributed by atoms with Crippen LogP contribution in [0.4, 0.5) is 4.79 Å². The number of nitrogens with one attached hydrogen (secondary N) is 1. The zero-order valence-electron chi connectivity index (χ0n) is 18.5. The predicted octanol–water partition coefficient (Wildman–Crippen LogP) is 1.30. The number of aromatic nitrogens is 3. The Morgan fingerprint density at radius 1 is 1.09 bits per heavy atom. The van der Waals surface area contributed by atoms with E-state index in [1.54, 1.807) is 34.0 Å². The second kappa shape index (κ2) is 7.72. The van der Waals surface area contributed by atoms with Gasteiger partial charge in [0.05, 0.1) is 17.8 Å². The van der Waals surface area contributed by atoms with Gasteiger partial charge in [0.25, 0.3) is 11.5 Å². The van der Waals surface area contributed by atoms with Gasteiger partial charge in [-0.15, -0.1) is 0 Å². The number of amides is 3. The number of likely N-dealkylation sites (tertiary alicyclic amines) is 1. The molecule has 2 aromatic rings. The highest BCUT2D eigenvalue weighted by atomic mass is 16.2. The third-order valence-corrected chi connectivity index (χ3v) is 6.87. The fourth-order valence-corrected chi connectivity index (χ4v) is 5.19. The molecule has 9 nitrogen and oxygen atoms in total. The van der Waals surface area contributed by atoms with Crippen molar-refractivity contribution in [3.05, 3.63) is 57.5 Å². The average molecular weight is 437 g/mol. The van der Waals surface area contributed by atoms with E-state index in [9.17, 15) is 14.4 Å². The Bertz CT molecular complexity index is 1130. The summed E-state index contributed by atoms with van der Waals surface area (Å²) in [6, 6.07) is 3.41. The first kappa shape index (κ1) is 20.7. The Morgan fingerprint density at radius 2 is 1.84 bits per heavy atom. The highest BCUT2D eigenvalue weighted by molar-refractivity contribution is 5.94. The Morgan fingerprint density at radius 3 is 2.59 bits per heavy atom. The number of pyridine rings is 1. The van der Waals surface area contributed by atoms with Crippen molar-refractivity contribution in [3.63, 3.8) is 0 Å². The molecule has 0 aromatic carbocycles. The summed E-state index contributed by atoms with van der Waals surface area (Å²) in [5.74, 6) is 0.719. The molecule has 0 bridgehead atoms. The number of hydrogen-bond acceptors (Lipinski definition) is 5. The van der Waals surface area contributed by atoms with E-state index in [-0.39, 0.29) is 35.5 Å². The number of fused-ring (bicyclic) bond motifs is 3. The SMILES string of the molecule is CC(C)NC(=O)N1CC[C@]2(CCn3c2nc2c(c3=O)CN(C(=O)c3ccncc3)CC2)C1. The fraction of sp³-hybridized carbons (Fsp3) is 0.522. The van der Waals surface area contributed by atoms with Crippen LogP contribution in [0, 0.1) is 0 Å². The molecule has 0 unspecified atom stereocenters. The van der Waals surface area contributed by atoms with Gasteiger partial charge in [0.2, 0.25) is 0 Å². The van der Waals surface area contributed by atoms with Gasteiger partial charge < -0.3 is 15.1 Å². The van der Waals surface area contributed by atoms with E-state index >= 15 is 0 Å². The van der Waals surface area contributed by atoms with Crippen LogP contribution in [0.1, 0.15) is 54.1 Å². The highest BCUT2D eigenvalue weighted by Crippen LogP contribution is 2.41. The monoisotopic (exact) mass is 436 g/mol. The Hall–Kier alpha value is -3.23. The summed E-state index contributed by atoms with van der Waals surface area (Å²) < 4.78 is 1.78. The molecule has 2 aromatic heterocycles. The van der Waals surface area contributed by atoms with Crippen LogP contribution in [0.2, 0.25) is 0 Å². The fourth-order valence-electron chi connectivity index (χ4n) is 5.19. The Balaban J connectivity index is 1.41. The van der Waals surface area contributed by atoms with Crippen molar-refractivity contribution in [2.24, 2.45) is 0 Å². The molecule has 1 saturated heterocycles. The number of carbonyl (C=O) groups is 2. The second-order valence-corrected chi connectivity index (χ2v) is 9.34. The molecule has 5 heterocycles. The molecule has 0 saturated carbocycles. The lowest BCUT2D eigenvalue weighted by molar-refractivity contribution is 0.0732. The molecular weight excluding hydrogens is 408 g/mol. The van der Waals surface area contributed by atoms with Crippen molar-refractivity contribution in [2.45, 2.75) is 57.7 Å². The van der Waals surface area contributed by atoms with Gasteiger partial charge in [-0.05, 0) is 38.8 Å². The Labute approximate surface area is 186 Å². The van der Waals surface area contributed by atoms with Gasteiger partial charge >= 0.3 is 6.03 Å². The summed E-state index contributed by atoms with van der Waals surface area (Å²) in [6.07, 6.45) is 5.38. The summed E-state index contributed by atoms with van der Waals surface area (Å²) in [5.41, 5.74) is 1.69. The predicted molar refractivity (Wildman–Crippen MR) is 117 cm³/mol. The number of nitrogens with zero attached hydrogens (tertiary/aromatic N) is 5. The molecular formula is C23H28N6O3. The lowest BCUT2D eigenvalue weighted by atomic mass is 9.85. The van der Waals surface area contributed by atoms with Crippen LogP contribution in [-0.2, 0) is 24.9 Å².